The topological polar surface area (TPSA) is 35.5 Å². The Morgan fingerprint density at radius 3 is 2.35 bits per heavy atom. The molecule has 0 unspecified atom stereocenters. The van der Waals surface area contributed by atoms with Gasteiger partial charge >= 0.3 is 5.97 Å². The van der Waals surface area contributed by atoms with Gasteiger partial charge in [0.1, 0.15) is 17.1 Å². The molecule has 0 saturated heterocycles. The van der Waals surface area contributed by atoms with E-state index in [2.05, 4.69) is 15.9 Å². The van der Waals surface area contributed by atoms with E-state index in [-0.39, 0.29) is 0 Å². The summed E-state index contributed by atoms with van der Waals surface area (Å²) < 4.78 is 11.6. The van der Waals surface area contributed by atoms with E-state index in [9.17, 15) is 4.79 Å². The molecular weight excluding hydrogens is 320 g/mol. The Hall–Kier alpha value is -1.81. The molecule has 104 valence electrons. The van der Waals surface area contributed by atoms with Crippen molar-refractivity contribution in [3.8, 4) is 11.5 Å². The maximum absolute atomic E-state index is 12.4. The average Bonchev–Trinajstić information content (AvgIpc) is 2.45. The van der Waals surface area contributed by atoms with E-state index in [1.54, 1.807) is 18.2 Å². The summed E-state index contributed by atoms with van der Waals surface area (Å²) in [7, 11) is 1.54. The SMILES string of the molecule is COc1cc(Br)c(C)c(C)c1C(=O)Oc1ccccc1. The van der Waals surface area contributed by atoms with Gasteiger partial charge in [-0.3, -0.25) is 0 Å². The summed E-state index contributed by atoms with van der Waals surface area (Å²) in [5.74, 6) is 0.599. The Labute approximate surface area is 126 Å². The average molecular weight is 335 g/mol. The quantitative estimate of drug-likeness (QED) is 0.620. The van der Waals surface area contributed by atoms with Crippen LogP contribution in [-0.2, 0) is 0 Å². The maximum Gasteiger partial charge on any atom is 0.347 e. The van der Waals surface area contributed by atoms with Gasteiger partial charge in [-0.25, -0.2) is 4.79 Å². The lowest BCUT2D eigenvalue weighted by atomic mass is 10.0. The summed E-state index contributed by atoms with van der Waals surface area (Å²) in [5.41, 5.74) is 2.29. The third-order valence-corrected chi connectivity index (χ3v) is 4.00. The molecule has 2 aromatic carbocycles. The monoisotopic (exact) mass is 334 g/mol. The highest BCUT2D eigenvalue weighted by molar-refractivity contribution is 9.10. The summed E-state index contributed by atoms with van der Waals surface area (Å²) in [4.78, 5) is 12.4. The molecule has 4 heteroatoms. The normalized spacial score (nSPS) is 10.2. The van der Waals surface area contributed by atoms with Crippen LogP contribution in [0.4, 0.5) is 0 Å². The lowest BCUT2D eigenvalue weighted by Gasteiger charge is -2.14. The van der Waals surface area contributed by atoms with Crippen LogP contribution in [0.2, 0.25) is 0 Å². The number of para-hydroxylation sites is 1. The largest absolute Gasteiger partial charge is 0.496 e. The number of ether oxygens (including phenoxy) is 2. The van der Waals surface area contributed by atoms with E-state index < -0.39 is 5.97 Å². The molecule has 0 bridgehead atoms. The van der Waals surface area contributed by atoms with E-state index in [1.165, 1.54) is 7.11 Å². The van der Waals surface area contributed by atoms with Gasteiger partial charge in [0.25, 0.3) is 0 Å². The van der Waals surface area contributed by atoms with Crippen molar-refractivity contribution in [3.63, 3.8) is 0 Å². The predicted octanol–water partition coefficient (Wildman–Crippen LogP) is 4.29. The van der Waals surface area contributed by atoms with Crippen molar-refractivity contribution in [3.05, 3.63) is 57.6 Å². The van der Waals surface area contributed by atoms with Gasteiger partial charge < -0.3 is 9.47 Å². The van der Waals surface area contributed by atoms with Crippen LogP contribution >= 0.6 is 15.9 Å². The van der Waals surface area contributed by atoms with Gasteiger partial charge in [-0.2, -0.15) is 0 Å². The second-order valence-electron chi connectivity index (χ2n) is 4.39. The number of methoxy groups -OCH3 is 1. The van der Waals surface area contributed by atoms with Crippen LogP contribution in [-0.4, -0.2) is 13.1 Å². The number of benzene rings is 2. The minimum atomic E-state index is -0.416. The van der Waals surface area contributed by atoms with Crippen LogP contribution in [0.25, 0.3) is 0 Å². The zero-order valence-corrected chi connectivity index (χ0v) is 13.2. The van der Waals surface area contributed by atoms with Crippen molar-refractivity contribution < 1.29 is 14.3 Å². The Bertz CT molecular complexity index is 636. The molecule has 20 heavy (non-hydrogen) atoms. The van der Waals surface area contributed by atoms with Crippen LogP contribution in [0.1, 0.15) is 21.5 Å². The zero-order chi connectivity index (χ0) is 14.7. The number of hydrogen-bond donors (Lipinski definition) is 0. The van der Waals surface area contributed by atoms with Crippen LogP contribution < -0.4 is 9.47 Å². The summed E-state index contributed by atoms with van der Waals surface area (Å²) >= 11 is 3.46. The maximum atomic E-state index is 12.4. The lowest BCUT2D eigenvalue weighted by molar-refractivity contribution is 0.0730. The molecule has 0 N–H and O–H groups in total. The Morgan fingerprint density at radius 1 is 1.10 bits per heavy atom. The fourth-order valence-corrected chi connectivity index (χ4v) is 2.41. The summed E-state index contributed by atoms with van der Waals surface area (Å²) in [6, 6.07) is 10.8. The molecule has 3 nitrogen and oxygen atoms in total. The molecule has 0 fully saturated rings. The molecule has 0 aliphatic rings. The van der Waals surface area contributed by atoms with Gasteiger partial charge in [-0.05, 0) is 43.2 Å². The Morgan fingerprint density at radius 2 is 1.75 bits per heavy atom. The van der Waals surface area contributed by atoms with E-state index >= 15 is 0 Å². The van der Waals surface area contributed by atoms with Crippen LogP contribution in [0.3, 0.4) is 0 Å². The highest BCUT2D eigenvalue weighted by Gasteiger charge is 2.20. The highest BCUT2D eigenvalue weighted by atomic mass is 79.9. The molecular formula is C16H15BrO3. The second kappa shape index (κ2) is 6.09. The third kappa shape index (κ3) is 2.85. The molecule has 0 saturated carbocycles. The summed E-state index contributed by atoms with van der Waals surface area (Å²) in [6.45, 7) is 3.82. The van der Waals surface area contributed by atoms with E-state index in [1.807, 2.05) is 32.0 Å². The number of rotatable bonds is 3. The standard InChI is InChI=1S/C16H15BrO3/c1-10-11(2)15(14(19-3)9-13(10)17)16(18)20-12-7-5-4-6-8-12/h4-9H,1-3H3. The predicted molar refractivity (Wildman–Crippen MR) is 81.6 cm³/mol. The smallest absolute Gasteiger partial charge is 0.347 e. The molecule has 0 heterocycles. The first kappa shape index (κ1) is 14.6. The fourth-order valence-electron chi connectivity index (χ4n) is 1.91. The molecule has 0 amide bonds. The van der Waals surface area contributed by atoms with Crippen molar-refractivity contribution in [2.75, 3.05) is 7.11 Å². The van der Waals surface area contributed by atoms with Crippen molar-refractivity contribution >= 4 is 21.9 Å². The highest BCUT2D eigenvalue weighted by Crippen LogP contribution is 2.32. The first-order valence-corrected chi connectivity index (χ1v) is 6.94. The molecule has 2 rings (SSSR count). The molecule has 0 spiro atoms. The number of carbonyl (C=O) groups is 1. The molecule has 2 aromatic rings. The van der Waals surface area contributed by atoms with E-state index in [0.717, 1.165) is 15.6 Å². The Kier molecular flexibility index (Phi) is 4.45. The number of hydrogen-bond acceptors (Lipinski definition) is 3. The number of esters is 1. The van der Waals surface area contributed by atoms with Gasteiger partial charge in [0.2, 0.25) is 0 Å². The Balaban J connectivity index is 2.41. The van der Waals surface area contributed by atoms with Crippen molar-refractivity contribution in [2.45, 2.75) is 13.8 Å². The van der Waals surface area contributed by atoms with Crippen molar-refractivity contribution in [1.82, 2.24) is 0 Å². The summed E-state index contributed by atoms with van der Waals surface area (Å²) in [5, 5.41) is 0. The van der Waals surface area contributed by atoms with Gasteiger partial charge in [0.15, 0.2) is 0 Å². The second-order valence-corrected chi connectivity index (χ2v) is 5.24. The minimum Gasteiger partial charge on any atom is -0.496 e. The van der Waals surface area contributed by atoms with Gasteiger partial charge in [-0.1, -0.05) is 34.1 Å². The lowest BCUT2D eigenvalue weighted by Crippen LogP contribution is -2.13. The molecule has 0 aliphatic carbocycles. The van der Waals surface area contributed by atoms with Crippen molar-refractivity contribution in [2.24, 2.45) is 0 Å². The van der Waals surface area contributed by atoms with Gasteiger partial charge in [0, 0.05) is 4.47 Å². The van der Waals surface area contributed by atoms with Gasteiger partial charge in [0.05, 0.1) is 7.11 Å². The summed E-state index contributed by atoms with van der Waals surface area (Å²) in [6.07, 6.45) is 0. The van der Waals surface area contributed by atoms with Crippen LogP contribution in [0, 0.1) is 13.8 Å². The van der Waals surface area contributed by atoms with Crippen LogP contribution in [0.15, 0.2) is 40.9 Å². The zero-order valence-electron chi connectivity index (χ0n) is 11.6. The third-order valence-electron chi connectivity index (χ3n) is 3.18. The van der Waals surface area contributed by atoms with E-state index in [0.29, 0.717) is 17.1 Å². The van der Waals surface area contributed by atoms with E-state index in [4.69, 9.17) is 9.47 Å². The molecule has 0 aliphatic heterocycles. The molecule has 0 radical (unpaired) electrons. The molecule has 0 aromatic heterocycles. The van der Waals surface area contributed by atoms with Gasteiger partial charge in [-0.15, -0.1) is 0 Å². The van der Waals surface area contributed by atoms with Crippen LogP contribution in [0.5, 0.6) is 11.5 Å². The van der Waals surface area contributed by atoms with Crippen molar-refractivity contribution in [1.29, 1.82) is 0 Å². The first-order chi connectivity index (χ1) is 9.54. The number of carbonyl (C=O) groups excluding carboxylic acids is 1. The first-order valence-electron chi connectivity index (χ1n) is 6.15. The minimum absolute atomic E-state index is 0.416. The molecule has 0 atom stereocenters. The number of halogens is 1. The fraction of sp³-hybridized carbons (Fsp3) is 0.188.